The summed E-state index contributed by atoms with van der Waals surface area (Å²) in [5.41, 5.74) is 3.95. The van der Waals surface area contributed by atoms with E-state index in [1.807, 2.05) is 25.7 Å². The normalized spacial score (nSPS) is 20.3. The maximum atomic E-state index is 12.2. The van der Waals surface area contributed by atoms with E-state index in [1.54, 1.807) is 0 Å². The number of para-hydroxylation sites is 1. The number of piperidine rings is 1. The van der Waals surface area contributed by atoms with Gasteiger partial charge in [0.2, 0.25) is 0 Å². The van der Waals surface area contributed by atoms with Gasteiger partial charge in [-0.15, -0.1) is 0 Å². The van der Waals surface area contributed by atoms with Crippen LogP contribution in [0.25, 0.3) is 0 Å². The first-order valence-corrected chi connectivity index (χ1v) is 9.48. The van der Waals surface area contributed by atoms with Gasteiger partial charge in [-0.25, -0.2) is 4.79 Å². The van der Waals surface area contributed by atoms with E-state index in [4.69, 9.17) is 4.74 Å². The second-order valence-corrected chi connectivity index (χ2v) is 8.98. The van der Waals surface area contributed by atoms with Crippen molar-refractivity contribution in [3.05, 3.63) is 29.3 Å². The van der Waals surface area contributed by atoms with Crippen molar-refractivity contribution in [2.24, 2.45) is 5.41 Å². The Kier molecular flexibility index (Phi) is 4.74. The summed E-state index contributed by atoms with van der Waals surface area (Å²) >= 11 is 0. The molecule has 0 radical (unpaired) electrons. The SMILES string of the molecule is Cc1cccc(C)c1NC1CC2(CCN(C(=O)OC(C)(C)C)CC2)C1. The minimum Gasteiger partial charge on any atom is -0.444 e. The number of nitrogens with one attached hydrogen (secondary N) is 1. The van der Waals surface area contributed by atoms with Crippen LogP contribution in [0.4, 0.5) is 10.5 Å². The standard InChI is InChI=1S/C21H32N2O2/c1-15-7-6-8-16(2)18(15)22-17-13-21(14-17)9-11-23(12-10-21)19(24)25-20(3,4)5/h6-8,17,22H,9-14H2,1-5H3. The third-order valence-electron chi connectivity index (χ3n) is 5.66. The van der Waals surface area contributed by atoms with E-state index in [0.717, 1.165) is 25.9 Å². The molecule has 0 aromatic heterocycles. The predicted octanol–water partition coefficient (Wildman–Crippen LogP) is 4.90. The van der Waals surface area contributed by atoms with Crippen LogP contribution in [0, 0.1) is 19.3 Å². The lowest BCUT2D eigenvalue weighted by Gasteiger charge is -2.52. The van der Waals surface area contributed by atoms with E-state index in [-0.39, 0.29) is 6.09 Å². The maximum Gasteiger partial charge on any atom is 0.410 e. The van der Waals surface area contributed by atoms with Crippen LogP contribution in [0.3, 0.4) is 0 Å². The first-order chi connectivity index (χ1) is 11.7. The Labute approximate surface area is 151 Å². The van der Waals surface area contributed by atoms with Gasteiger partial charge < -0.3 is 15.0 Å². The summed E-state index contributed by atoms with van der Waals surface area (Å²) in [7, 11) is 0. The highest BCUT2D eigenvalue weighted by molar-refractivity contribution is 5.68. The van der Waals surface area contributed by atoms with E-state index in [0.29, 0.717) is 11.5 Å². The van der Waals surface area contributed by atoms with Crippen LogP contribution in [0.2, 0.25) is 0 Å². The predicted molar refractivity (Wildman–Crippen MR) is 102 cm³/mol. The molecule has 25 heavy (non-hydrogen) atoms. The minimum absolute atomic E-state index is 0.160. The fourth-order valence-corrected chi connectivity index (χ4v) is 4.23. The largest absolute Gasteiger partial charge is 0.444 e. The second kappa shape index (κ2) is 6.54. The third-order valence-corrected chi connectivity index (χ3v) is 5.66. The zero-order valence-corrected chi connectivity index (χ0v) is 16.3. The van der Waals surface area contributed by atoms with Crippen molar-refractivity contribution in [3.8, 4) is 0 Å². The lowest BCUT2D eigenvalue weighted by Crippen LogP contribution is -2.53. The van der Waals surface area contributed by atoms with Crippen LogP contribution in [-0.4, -0.2) is 35.7 Å². The number of likely N-dealkylation sites (tertiary alicyclic amines) is 1. The van der Waals surface area contributed by atoms with Gasteiger partial charge >= 0.3 is 6.09 Å². The molecule has 1 spiro atoms. The van der Waals surface area contributed by atoms with Gasteiger partial charge in [0.25, 0.3) is 0 Å². The Morgan fingerprint density at radius 1 is 1.16 bits per heavy atom. The van der Waals surface area contributed by atoms with Gasteiger partial charge in [0.1, 0.15) is 5.60 Å². The van der Waals surface area contributed by atoms with E-state index in [1.165, 1.54) is 29.7 Å². The van der Waals surface area contributed by atoms with Gasteiger partial charge in [0.05, 0.1) is 0 Å². The molecule has 1 aromatic carbocycles. The Bertz CT molecular complexity index is 612. The van der Waals surface area contributed by atoms with Crippen LogP contribution in [0.15, 0.2) is 18.2 Å². The number of hydrogen-bond acceptors (Lipinski definition) is 3. The molecule has 4 heteroatoms. The van der Waals surface area contributed by atoms with E-state index in [9.17, 15) is 4.79 Å². The van der Waals surface area contributed by atoms with Gasteiger partial charge in [-0.1, -0.05) is 18.2 Å². The van der Waals surface area contributed by atoms with Crippen molar-refractivity contribution in [2.75, 3.05) is 18.4 Å². The van der Waals surface area contributed by atoms with E-state index >= 15 is 0 Å². The first-order valence-electron chi connectivity index (χ1n) is 9.48. The van der Waals surface area contributed by atoms with Crippen molar-refractivity contribution in [1.29, 1.82) is 0 Å². The number of aryl methyl sites for hydroxylation is 2. The molecule has 1 amide bonds. The van der Waals surface area contributed by atoms with Crippen molar-refractivity contribution in [1.82, 2.24) is 4.90 Å². The monoisotopic (exact) mass is 344 g/mol. The van der Waals surface area contributed by atoms with Crippen LogP contribution in [0.5, 0.6) is 0 Å². The molecule has 3 rings (SSSR count). The summed E-state index contributed by atoms with van der Waals surface area (Å²) in [5, 5.41) is 3.75. The zero-order valence-electron chi connectivity index (χ0n) is 16.3. The number of carbonyl (C=O) groups is 1. The molecule has 1 saturated heterocycles. The molecule has 4 nitrogen and oxygen atoms in total. The number of amides is 1. The molecule has 0 atom stereocenters. The summed E-state index contributed by atoms with van der Waals surface area (Å²) in [5.74, 6) is 0. The van der Waals surface area contributed by atoms with Crippen LogP contribution < -0.4 is 5.32 Å². The molecule has 1 heterocycles. The van der Waals surface area contributed by atoms with Gasteiger partial charge in [-0.05, 0) is 76.8 Å². The topological polar surface area (TPSA) is 41.6 Å². The minimum atomic E-state index is -0.414. The Hall–Kier alpha value is -1.71. The average molecular weight is 344 g/mol. The molecule has 1 aliphatic heterocycles. The molecule has 138 valence electrons. The summed E-state index contributed by atoms with van der Waals surface area (Å²) in [6.07, 6.45) is 4.45. The molecule has 1 N–H and O–H groups in total. The molecule has 1 aliphatic carbocycles. The molecular formula is C21H32N2O2. The summed E-state index contributed by atoms with van der Waals surface area (Å²) in [6.45, 7) is 11.8. The highest BCUT2D eigenvalue weighted by Crippen LogP contribution is 2.50. The number of hydrogen-bond donors (Lipinski definition) is 1. The molecular weight excluding hydrogens is 312 g/mol. The molecule has 1 saturated carbocycles. The van der Waals surface area contributed by atoms with Gasteiger partial charge in [0, 0.05) is 24.8 Å². The van der Waals surface area contributed by atoms with E-state index in [2.05, 4.69) is 37.4 Å². The smallest absolute Gasteiger partial charge is 0.410 e. The fraction of sp³-hybridized carbons (Fsp3) is 0.667. The molecule has 0 bridgehead atoms. The number of ether oxygens (including phenoxy) is 1. The Morgan fingerprint density at radius 3 is 2.24 bits per heavy atom. The van der Waals surface area contributed by atoms with Crippen molar-refractivity contribution in [3.63, 3.8) is 0 Å². The van der Waals surface area contributed by atoms with Crippen molar-refractivity contribution < 1.29 is 9.53 Å². The van der Waals surface area contributed by atoms with Gasteiger partial charge in [0.15, 0.2) is 0 Å². The van der Waals surface area contributed by atoms with Crippen molar-refractivity contribution >= 4 is 11.8 Å². The van der Waals surface area contributed by atoms with Crippen LogP contribution >= 0.6 is 0 Å². The summed E-state index contributed by atoms with van der Waals surface area (Å²) in [6, 6.07) is 7.02. The number of carbonyl (C=O) groups excluding carboxylic acids is 1. The zero-order chi connectivity index (χ0) is 18.2. The summed E-state index contributed by atoms with van der Waals surface area (Å²) in [4.78, 5) is 14.1. The lowest BCUT2D eigenvalue weighted by atomic mass is 9.60. The second-order valence-electron chi connectivity index (χ2n) is 8.98. The summed E-state index contributed by atoms with van der Waals surface area (Å²) < 4.78 is 5.50. The van der Waals surface area contributed by atoms with Crippen LogP contribution in [0.1, 0.15) is 57.6 Å². The average Bonchev–Trinajstić information content (AvgIpc) is 2.48. The number of benzene rings is 1. The fourth-order valence-electron chi connectivity index (χ4n) is 4.23. The molecule has 2 aliphatic rings. The molecule has 1 aromatic rings. The highest BCUT2D eigenvalue weighted by atomic mass is 16.6. The molecule has 2 fully saturated rings. The Morgan fingerprint density at radius 2 is 1.72 bits per heavy atom. The first kappa shape index (κ1) is 18.1. The number of anilines is 1. The Balaban J connectivity index is 1.49. The maximum absolute atomic E-state index is 12.2. The number of nitrogens with zero attached hydrogens (tertiary/aromatic N) is 1. The highest BCUT2D eigenvalue weighted by Gasteiger charge is 2.46. The quantitative estimate of drug-likeness (QED) is 0.830. The van der Waals surface area contributed by atoms with E-state index < -0.39 is 5.60 Å². The van der Waals surface area contributed by atoms with Gasteiger partial charge in [-0.3, -0.25) is 0 Å². The number of rotatable bonds is 2. The molecule has 0 unspecified atom stereocenters. The third kappa shape index (κ3) is 4.10. The van der Waals surface area contributed by atoms with Crippen LogP contribution in [-0.2, 0) is 4.74 Å². The van der Waals surface area contributed by atoms with Crippen molar-refractivity contribution in [2.45, 2.75) is 71.9 Å². The lowest BCUT2D eigenvalue weighted by molar-refractivity contribution is -0.00861. The van der Waals surface area contributed by atoms with Gasteiger partial charge in [-0.2, -0.15) is 0 Å².